The summed E-state index contributed by atoms with van der Waals surface area (Å²) in [6.45, 7) is 6.98. The van der Waals surface area contributed by atoms with Crippen LogP contribution in [0.3, 0.4) is 0 Å². The number of hydrogen-bond donors (Lipinski definition) is 2. The normalized spacial score (nSPS) is 11.5. The van der Waals surface area contributed by atoms with Crippen molar-refractivity contribution in [3.63, 3.8) is 0 Å². The second kappa shape index (κ2) is 5.16. The van der Waals surface area contributed by atoms with Crippen LogP contribution in [0.4, 0.5) is 0 Å². The van der Waals surface area contributed by atoms with E-state index in [-0.39, 0.29) is 11.4 Å². The zero-order chi connectivity index (χ0) is 12.2. The molecule has 1 amide bonds. The van der Waals surface area contributed by atoms with Crippen LogP contribution in [0, 0.1) is 0 Å². The molecule has 4 nitrogen and oxygen atoms in total. The van der Waals surface area contributed by atoms with E-state index >= 15 is 0 Å². The van der Waals surface area contributed by atoms with E-state index in [1.165, 1.54) is 5.69 Å². The van der Waals surface area contributed by atoms with E-state index in [4.69, 9.17) is 0 Å². The molecule has 90 valence electrons. The predicted molar refractivity (Wildman–Crippen MR) is 65.0 cm³/mol. The minimum Gasteiger partial charge on any atom is -0.353 e. The molecule has 4 heteroatoms. The van der Waals surface area contributed by atoms with Gasteiger partial charge in [0, 0.05) is 31.0 Å². The summed E-state index contributed by atoms with van der Waals surface area (Å²) in [5.74, 6) is 0.0294. The number of amides is 1. The van der Waals surface area contributed by atoms with Crippen molar-refractivity contribution in [2.75, 3.05) is 6.54 Å². The molecule has 1 aromatic heterocycles. The lowest BCUT2D eigenvalue weighted by Crippen LogP contribution is -2.44. The van der Waals surface area contributed by atoms with Crippen LogP contribution in [-0.2, 0) is 18.4 Å². The van der Waals surface area contributed by atoms with Gasteiger partial charge in [-0.05, 0) is 32.9 Å². The fourth-order valence-corrected chi connectivity index (χ4v) is 1.45. The van der Waals surface area contributed by atoms with Crippen molar-refractivity contribution in [3.8, 4) is 0 Å². The van der Waals surface area contributed by atoms with Crippen LogP contribution < -0.4 is 10.6 Å². The summed E-state index contributed by atoms with van der Waals surface area (Å²) in [5, 5.41) is 6.02. The Balaban J connectivity index is 2.26. The molecule has 0 radical (unpaired) electrons. The van der Waals surface area contributed by atoms with E-state index in [1.54, 1.807) is 0 Å². The first-order chi connectivity index (χ1) is 7.38. The summed E-state index contributed by atoms with van der Waals surface area (Å²) in [6, 6.07) is 4.03. The molecule has 1 heterocycles. The van der Waals surface area contributed by atoms with Crippen LogP contribution >= 0.6 is 0 Å². The molecule has 1 aromatic rings. The van der Waals surface area contributed by atoms with Gasteiger partial charge in [-0.15, -0.1) is 0 Å². The second-order valence-electron chi connectivity index (χ2n) is 5.01. The minimum absolute atomic E-state index is 0.0294. The number of nitrogens with zero attached hydrogens (tertiary/aromatic N) is 1. The smallest absolute Gasteiger partial charge is 0.234 e. The summed E-state index contributed by atoms with van der Waals surface area (Å²) in [4.78, 5) is 11.5. The van der Waals surface area contributed by atoms with E-state index in [0.29, 0.717) is 13.1 Å². The third-order valence-corrected chi connectivity index (χ3v) is 2.16. The summed E-state index contributed by atoms with van der Waals surface area (Å²) in [7, 11) is 1.99. The second-order valence-corrected chi connectivity index (χ2v) is 5.01. The van der Waals surface area contributed by atoms with Gasteiger partial charge in [-0.2, -0.15) is 0 Å². The maximum absolute atomic E-state index is 11.5. The molecule has 0 bridgehead atoms. The van der Waals surface area contributed by atoms with Gasteiger partial charge in [-0.3, -0.25) is 4.79 Å². The van der Waals surface area contributed by atoms with E-state index in [2.05, 4.69) is 10.6 Å². The van der Waals surface area contributed by atoms with Crippen LogP contribution in [0.15, 0.2) is 18.3 Å². The van der Waals surface area contributed by atoms with Gasteiger partial charge in [-0.1, -0.05) is 0 Å². The molecule has 0 aliphatic rings. The first-order valence-electron chi connectivity index (χ1n) is 5.50. The highest BCUT2D eigenvalue weighted by Crippen LogP contribution is 1.99. The summed E-state index contributed by atoms with van der Waals surface area (Å²) >= 11 is 0. The van der Waals surface area contributed by atoms with Crippen molar-refractivity contribution in [1.29, 1.82) is 0 Å². The highest BCUT2D eigenvalue weighted by Gasteiger charge is 2.12. The van der Waals surface area contributed by atoms with Gasteiger partial charge in [0.05, 0.1) is 6.54 Å². The van der Waals surface area contributed by atoms with Crippen LogP contribution in [-0.4, -0.2) is 22.6 Å². The van der Waals surface area contributed by atoms with Crippen LogP contribution in [0.25, 0.3) is 0 Å². The van der Waals surface area contributed by atoms with Crippen molar-refractivity contribution < 1.29 is 4.79 Å². The lowest BCUT2D eigenvalue weighted by atomic mass is 10.1. The predicted octanol–water partition coefficient (Wildman–Crippen LogP) is 1.03. The molecule has 0 spiro atoms. The molecule has 0 aliphatic carbocycles. The molecule has 0 aromatic carbocycles. The van der Waals surface area contributed by atoms with Gasteiger partial charge in [0.1, 0.15) is 0 Å². The fraction of sp³-hybridized carbons (Fsp3) is 0.583. The Labute approximate surface area is 97.0 Å². The van der Waals surface area contributed by atoms with Gasteiger partial charge < -0.3 is 15.2 Å². The maximum Gasteiger partial charge on any atom is 0.234 e. The molecular formula is C12H21N3O. The van der Waals surface area contributed by atoms with Crippen LogP contribution in [0.1, 0.15) is 26.5 Å². The molecule has 0 saturated carbocycles. The molecule has 16 heavy (non-hydrogen) atoms. The first-order valence-corrected chi connectivity index (χ1v) is 5.50. The lowest BCUT2D eigenvalue weighted by molar-refractivity contribution is -0.121. The van der Waals surface area contributed by atoms with E-state index in [1.807, 2.05) is 50.7 Å². The Morgan fingerprint density at radius 3 is 2.62 bits per heavy atom. The zero-order valence-electron chi connectivity index (χ0n) is 10.5. The highest BCUT2D eigenvalue weighted by atomic mass is 16.2. The molecular weight excluding hydrogens is 202 g/mol. The number of aryl methyl sites for hydroxylation is 1. The molecule has 2 N–H and O–H groups in total. The van der Waals surface area contributed by atoms with Gasteiger partial charge in [0.2, 0.25) is 5.91 Å². The Bertz CT molecular complexity index is 349. The van der Waals surface area contributed by atoms with Crippen LogP contribution in [0.5, 0.6) is 0 Å². The minimum atomic E-state index is -0.163. The first kappa shape index (κ1) is 12.8. The molecule has 0 saturated heterocycles. The van der Waals surface area contributed by atoms with Gasteiger partial charge in [0.25, 0.3) is 0 Å². The largest absolute Gasteiger partial charge is 0.353 e. The standard InChI is InChI=1S/C12H21N3O/c1-12(2,3)14-11(16)9-13-8-10-6-5-7-15(10)4/h5-7,13H,8-9H2,1-4H3,(H,14,16). The molecule has 0 atom stereocenters. The van der Waals surface area contributed by atoms with E-state index in [9.17, 15) is 4.79 Å². The number of rotatable bonds is 4. The zero-order valence-corrected chi connectivity index (χ0v) is 10.5. The average Bonchev–Trinajstić information content (AvgIpc) is 2.48. The van der Waals surface area contributed by atoms with Gasteiger partial charge in [-0.25, -0.2) is 0 Å². The topological polar surface area (TPSA) is 46.1 Å². The molecule has 1 rings (SSSR count). The highest BCUT2D eigenvalue weighted by molar-refractivity contribution is 5.78. The monoisotopic (exact) mass is 223 g/mol. The van der Waals surface area contributed by atoms with Gasteiger partial charge in [0.15, 0.2) is 0 Å². The van der Waals surface area contributed by atoms with E-state index in [0.717, 1.165) is 0 Å². The summed E-state index contributed by atoms with van der Waals surface area (Å²) in [6.07, 6.45) is 1.99. The Morgan fingerprint density at radius 2 is 2.12 bits per heavy atom. The maximum atomic E-state index is 11.5. The SMILES string of the molecule is Cn1cccc1CNCC(=O)NC(C)(C)C. The number of aromatic nitrogens is 1. The van der Waals surface area contributed by atoms with Crippen molar-refractivity contribution in [3.05, 3.63) is 24.0 Å². The summed E-state index contributed by atoms with van der Waals surface area (Å²) in [5.41, 5.74) is 1.01. The fourth-order valence-electron chi connectivity index (χ4n) is 1.45. The Kier molecular flexibility index (Phi) is 4.12. The average molecular weight is 223 g/mol. The van der Waals surface area contributed by atoms with Crippen molar-refractivity contribution in [1.82, 2.24) is 15.2 Å². The van der Waals surface area contributed by atoms with Crippen molar-refractivity contribution in [2.24, 2.45) is 7.05 Å². The Hall–Kier alpha value is -1.29. The van der Waals surface area contributed by atoms with Crippen molar-refractivity contribution >= 4 is 5.91 Å². The van der Waals surface area contributed by atoms with Crippen molar-refractivity contribution in [2.45, 2.75) is 32.9 Å². The molecule has 0 unspecified atom stereocenters. The van der Waals surface area contributed by atoms with Crippen LogP contribution in [0.2, 0.25) is 0 Å². The number of carbonyl (C=O) groups is 1. The number of nitrogens with one attached hydrogen (secondary N) is 2. The lowest BCUT2D eigenvalue weighted by Gasteiger charge is -2.20. The molecule has 0 fully saturated rings. The molecule has 0 aliphatic heterocycles. The van der Waals surface area contributed by atoms with Gasteiger partial charge >= 0.3 is 0 Å². The number of hydrogen-bond acceptors (Lipinski definition) is 2. The van der Waals surface area contributed by atoms with E-state index < -0.39 is 0 Å². The quantitative estimate of drug-likeness (QED) is 0.801. The third kappa shape index (κ3) is 4.49. The Morgan fingerprint density at radius 1 is 1.44 bits per heavy atom. The summed E-state index contributed by atoms with van der Waals surface area (Å²) < 4.78 is 2.04. The third-order valence-electron chi connectivity index (χ3n) is 2.16. The number of carbonyl (C=O) groups excluding carboxylic acids is 1.